The van der Waals surface area contributed by atoms with Crippen LogP contribution in [-0.2, 0) is 0 Å². The first-order valence-corrected chi connectivity index (χ1v) is 9.61. The molecule has 21 heavy (non-hydrogen) atoms. The van der Waals surface area contributed by atoms with Crippen molar-refractivity contribution in [1.29, 1.82) is 0 Å². The Morgan fingerprint density at radius 3 is 2.10 bits per heavy atom. The van der Waals surface area contributed by atoms with Gasteiger partial charge in [-0.25, -0.2) is 0 Å². The van der Waals surface area contributed by atoms with E-state index in [1.54, 1.807) is 6.42 Å². The van der Waals surface area contributed by atoms with E-state index in [0.717, 1.165) is 17.9 Å². The lowest BCUT2D eigenvalue weighted by molar-refractivity contribution is -0.151. The second-order valence-corrected chi connectivity index (χ2v) is 10.3. The number of hydrogen-bond donors (Lipinski definition) is 1. The Balaban J connectivity index is 1.56. The van der Waals surface area contributed by atoms with Gasteiger partial charge in [-0.15, -0.1) is 0 Å². The molecule has 1 heteroatoms. The molecule has 0 aromatic heterocycles. The van der Waals surface area contributed by atoms with Crippen molar-refractivity contribution in [2.45, 2.75) is 90.5 Å². The van der Waals surface area contributed by atoms with Crippen LogP contribution < -0.4 is 5.32 Å². The van der Waals surface area contributed by atoms with Gasteiger partial charge < -0.3 is 5.32 Å². The lowest BCUT2D eigenvalue weighted by Gasteiger charge is -2.66. The minimum atomic E-state index is 0.683. The molecule has 0 aliphatic heterocycles. The molecule has 0 heterocycles. The third-order valence-electron chi connectivity index (χ3n) is 7.73. The standard InChI is InChI=1S/C20H35N/c1-18-8-15-9-19(2,12-18)14-20(10-15,13-18)11-17(21-3)16-6-4-5-7-16/h15-17,21H,4-14H2,1-3H3. The van der Waals surface area contributed by atoms with E-state index in [4.69, 9.17) is 0 Å². The maximum absolute atomic E-state index is 3.74. The fraction of sp³-hybridized carbons (Fsp3) is 1.00. The molecule has 5 saturated carbocycles. The minimum absolute atomic E-state index is 0.683. The summed E-state index contributed by atoms with van der Waals surface area (Å²) in [6.45, 7) is 5.24. The molecule has 4 bridgehead atoms. The Morgan fingerprint density at radius 2 is 1.57 bits per heavy atom. The highest BCUT2D eigenvalue weighted by molar-refractivity contribution is 5.11. The molecule has 0 radical (unpaired) electrons. The van der Waals surface area contributed by atoms with E-state index in [-0.39, 0.29) is 0 Å². The number of nitrogens with one attached hydrogen (secondary N) is 1. The normalized spacial score (nSPS) is 50.7. The summed E-state index contributed by atoms with van der Waals surface area (Å²) in [5.41, 5.74) is 2.06. The van der Waals surface area contributed by atoms with E-state index in [2.05, 4.69) is 26.2 Å². The van der Waals surface area contributed by atoms with Crippen molar-refractivity contribution in [3.8, 4) is 0 Å². The zero-order chi connectivity index (χ0) is 14.7. The molecule has 0 aromatic carbocycles. The number of hydrogen-bond acceptors (Lipinski definition) is 1. The van der Waals surface area contributed by atoms with Crippen LogP contribution in [0.1, 0.15) is 84.5 Å². The van der Waals surface area contributed by atoms with Gasteiger partial charge >= 0.3 is 0 Å². The second kappa shape index (κ2) is 4.73. The molecule has 5 rings (SSSR count). The summed E-state index contributed by atoms with van der Waals surface area (Å²) in [5, 5.41) is 3.74. The first-order chi connectivity index (χ1) is 9.93. The zero-order valence-corrected chi connectivity index (χ0v) is 14.5. The lowest BCUT2D eigenvalue weighted by atomic mass is 9.39. The van der Waals surface area contributed by atoms with Crippen molar-refractivity contribution in [1.82, 2.24) is 5.32 Å². The van der Waals surface area contributed by atoms with Gasteiger partial charge in [0.05, 0.1) is 0 Å². The molecule has 0 spiro atoms. The predicted octanol–water partition coefficient (Wildman–Crippen LogP) is 5.15. The average Bonchev–Trinajstić information content (AvgIpc) is 2.85. The molecule has 3 atom stereocenters. The van der Waals surface area contributed by atoms with Gasteiger partial charge in [0, 0.05) is 6.04 Å². The van der Waals surface area contributed by atoms with Crippen molar-refractivity contribution in [2.24, 2.45) is 28.1 Å². The quantitative estimate of drug-likeness (QED) is 0.754. The highest BCUT2D eigenvalue weighted by Crippen LogP contribution is 2.70. The summed E-state index contributed by atoms with van der Waals surface area (Å²) < 4.78 is 0. The molecule has 1 nitrogen and oxygen atoms in total. The fourth-order valence-electron chi connectivity index (χ4n) is 8.24. The summed E-state index contributed by atoms with van der Waals surface area (Å²) in [6.07, 6.45) is 16.6. The molecule has 0 aromatic rings. The maximum Gasteiger partial charge on any atom is 0.00976 e. The summed E-state index contributed by atoms with van der Waals surface area (Å²) >= 11 is 0. The summed E-state index contributed by atoms with van der Waals surface area (Å²) in [5.74, 6) is 2.03. The second-order valence-electron chi connectivity index (χ2n) is 10.3. The van der Waals surface area contributed by atoms with Crippen molar-refractivity contribution >= 4 is 0 Å². The molecular weight excluding hydrogens is 254 g/mol. The van der Waals surface area contributed by atoms with E-state index >= 15 is 0 Å². The SMILES string of the molecule is CNC(CC12CC3CC(C)(CC(C)(C3)C1)C2)C1CCCC1. The van der Waals surface area contributed by atoms with E-state index in [1.807, 2.05) is 0 Å². The van der Waals surface area contributed by atoms with Gasteiger partial charge in [-0.2, -0.15) is 0 Å². The molecule has 0 saturated heterocycles. The van der Waals surface area contributed by atoms with Gasteiger partial charge in [0.15, 0.2) is 0 Å². The van der Waals surface area contributed by atoms with Crippen molar-refractivity contribution < 1.29 is 0 Å². The molecule has 5 aliphatic rings. The third kappa shape index (κ3) is 2.48. The van der Waals surface area contributed by atoms with Gasteiger partial charge in [0.2, 0.25) is 0 Å². The number of rotatable bonds is 4. The van der Waals surface area contributed by atoms with Crippen LogP contribution in [0.5, 0.6) is 0 Å². The van der Waals surface area contributed by atoms with Crippen LogP contribution in [0.2, 0.25) is 0 Å². The van der Waals surface area contributed by atoms with E-state index in [9.17, 15) is 0 Å². The fourth-order valence-corrected chi connectivity index (χ4v) is 8.24. The first kappa shape index (κ1) is 14.5. The van der Waals surface area contributed by atoms with Crippen molar-refractivity contribution in [3.63, 3.8) is 0 Å². The Kier molecular flexibility index (Phi) is 3.27. The van der Waals surface area contributed by atoms with Gasteiger partial charge in [0.1, 0.15) is 0 Å². The third-order valence-corrected chi connectivity index (χ3v) is 7.73. The van der Waals surface area contributed by atoms with Crippen LogP contribution in [-0.4, -0.2) is 13.1 Å². The van der Waals surface area contributed by atoms with Crippen LogP contribution in [0.4, 0.5) is 0 Å². The zero-order valence-electron chi connectivity index (χ0n) is 14.5. The Labute approximate surface area is 131 Å². The lowest BCUT2D eigenvalue weighted by Crippen LogP contribution is -2.56. The molecule has 5 fully saturated rings. The predicted molar refractivity (Wildman–Crippen MR) is 89.3 cm³/mol. The minimum Gasteiger partial charge on any atom is -0.317 e. The average molecular weight is 290 g/mol. The van der Waals surface area contributed by atoms with Gasteiger partial charge in [-0.1, -0.05) is 26.7 Å². The molecule has 1 N–H and O–H groups in total. The summed E-state index contributed by atoms with van der Waals surface area (Å²) in [7, 11) is 2.23. The van der Waals surface area contributed by atoms with Crippen LogP contribution in [0.15, 0.2) is 0 Å². The molecular formula is C20H35N. The topological polar surface area (TPSA) is 12.0 Å². The van der Waals surface area contributed by atoms with E-state index in [1.165, 1.54) is 64.2 Å². The Bertz CT molecular complexity index is 390. The van der Waals surface area contributed by atoms with Crippen molar-refractivity contribution in [2.75, 3.05) is 7.05 Å². The highest BCUT2D eigenvalue weighted by Gasteiger charge is 2.60. The largest absolute Gasteiger partial charge is 0.317 e. The maximum atomic E-state index is 3.74. The van der Waals surface area contributed by atoms with Gasteiger partial charge in [-0.3, -0.25) is 0 Å². The van der Waals surface area contributed by atoms with Gasteiger partial charge in [0.25, 0.3) is 0 Å². The molecule has 5 aliphatic carbocycles. The first-order valence-electron chi connectivity index (χ1n) is 9.61. The molecule has 3 unspecified atom stereocenters. The van der Waals surface area contributed by atoms with Gasteiger partial charge in [-0.05, 0) is 92.9 Å². The van der Waals surface area contributed by atoms with E-state index < -0.39 is 0 Å². The van der Waals surface area contributed by atoms with Crippen LogP contribution in [0.3, 0.4) is 0 Å². The molecule has 120 valence electrons. The van der Waals surface area contributed by atoms with Crippen LogP contribution >= 0.6 is 0 Å². The Morgan fingerprint density at radius 1 is 0.952 bits per heavy atom. The van der Waals surface area contributed by atoms with Crippen molar-refractivity contribution in [3.05, 3.63) is 0 Å². The summed E-state index contributed by atoms with van der Waals surface area (Å²) in [4.78, 5) is 0. The monoisotopic (exact) mass is 289 g/mol. The van der Waals surface area contributed by atoms with Crippen LogP contribution in [0.25, 0.3) is 0 Å². The highest BCUT2D eigenvalue weighted by atomic mass is 14.9. The van der Waals surface area contributed by atoms with E-state index in [0.29, 0.717) is 16.2 Å². The molecule has 0 amide bonds. The Hall–Kier alpha value is -0.0400. The van der Waals surface area contributed by atoms with Crippen LogP contribution in [0, 0.1) is 28.1 Å². The smallest absolute Gasteiger partial charge is 0.00976 e. The summed E-state index contributed by atoms with van der Waals surface area (Å²) in [6, 6.07) is 0.802.